The lowest BCUT2D eigenvalue weighted by atomic mass is 9.98. The average Bonchev–Trinajstić information content (AvgIpc) is 2.80. The number of nitrogens with one attached hydrogen (secondary N) is 1. The molecule has 0 amide bonds. The molecule has 7 heteroatoms. The normalized spacial score (nSPS) is 16.8. The van der Waals surface area contributed by atoms with Crippen molar-refractivity contribution < 1.29 is 9.84 Å². The van der Waals surface area contributed by atoms with Crippen LogP contribution in [0, 0.1) is 0 Å². The van der Waals surface area contributed by atoms with Gasteiger partial charge in [0.25, 0.3) is 0 Å². The topological polar surface area (TPSA) is 67.3 Å². The molecule has 0 saturated carbocycles. The lowest BCUT2D eigenvalue weighted by molar-refractivity contribution is -0.0383. The van der Waals surface area contributed by atoms with Gasteiger partial charge in [0, 0.05) is 28.7 Å². The van der Waals surface area contributed by atoms with Gasteiger partial charge in [-0.25, -0.2) is 9.97 Å². The Labute approximate surface area is 144 Å². The SMILES string of the molecule is CC(C)Sc1nc(NCCO)c2sc3c(c2n1)COC(C)(C)C3. The molecule has 2 aromatic rings. The fourth-order valence-electron chi connectivity index (χ4n) is 2.60. The van der Waals surface area contributed by atoms with Crippen LogP contribution in [0.3, 0.4) is 0 Å². The van der Waals surface area contributed by atoms with E-state index in [1.165, 1.54) is 10.4 Å². The van der Waals surface area contributed by atoms with Crippen molar-refractivity contribution in [3.63, 3.8) is 0 Å². The molecule has 0 aromatic carbocycles. The highest BCUT2D eigenvalue weighted by Crippen LogP contribution is 2.41. The number of anilines is 1. The molecular formula is C16H23N3O2S2. The molecule has 126 valence electrons. The van der Waals surface area contributed by atoms with Crippen molar-refractivity contribution in [3.05, 3.63) is 10.4 Å². The van der Waals surface area contributed by atoms with Crippen LogP contribution in [0.15, 0.2) is 5.16 Å². The summed E-state index contributed by atoms with van der Waals surface area (Å²) in [6.45, 7) is 9.68. The van der Waals surface area contributed by atoms with E-state index in [2.05, 4.69) is 38.0 Å². The van der Waals surface area contributed by atoms with E-state index in [0.717, 1.165) is 27.6 Å². The number of aliphatic hydroxyl groups excluding tert-OH is 1. The molecule has 0 spiro atoms. The zero-order valence-electron chi connectivity index (χ0n) is 14.0. The Morgan fingerprint density at radius 1 is 1.39 bits per heavy atom. The van der Waals surface area contributed by atoms with E-state index >= 15 is 0 Å². The standard InChI is InChI=1S/C16H23N3O2S2/c1-9(2)22-15-18-12-10-8-21-16(3,4)7-11(10)23-13(12)14(19-15)17-5-6-20/h9,20H,5-8H2,1-4H3,(H,17,18,19). The summed E-state index contributed by atoms with van der Waals surface area (Å²) in [5, 5.41) is 13.5. The maximum absolute atomic E-state index is 9.12. The van der Waals surface area contributed by atoms with Crippen LogP contribution in [0.5, 0.6) is 0 Å². The Balaban J connectivity index is 2.10. The third-order valence-corrected chi connectivity index (χ3v) is 5.72. The van der Waals surface area contributed by atoms with E-state index in [9.17, 15) is 0 Å². The second-order valence-corrected chi connectivity index (χ2v) is 9.23. The summed E-state index contributed by atoms with van der Waals surface area (Å²) < 4.78 is 7.05. The van der Waals surface area contributed by atoms with E-state index in [-0.39, 0.29) is 12.2 Å². The van der Waals surface area contributed by atoms with Gasteiger partial charge in [0.15, 0.2) is 5.16 Å². The molecule has 0 aliphatic carbocycles. The second kappa shape index (κ2) is 6.55. The molecule has 2 aromatic heterocycles. The highest BCUT2D eigenvalue weighted by atomic mass is 32.2. The van der Waals surface area contributed by atoms with Crippen LogP contribution in [0.25, 0.3) is 10.2 Å². The Morgan fingerprint density at radius 3 is 2.87 bits per heavy atom. The smallest absolute Gasteiger partial charge is 0.190 e. The molecule has 5 nitrogen and oxygen atoms in total. The summed E-state index contributed by atoms with van der Waals surface area (Å²) in [6, 6.07) is 0. The summed E-state index contributed by atoms with van der Waals surface area (Å²) in [6.07, 6.45) is 0.898. The van der Waals surface area contributed by atoms with Gasteiger partial charge in [-0.15, -0.1) is 11.3 Å². The van der Waals surface area contributed by atoms with E-state index in [1.54, 1.807) is 23.1 Å². The van der Waals surface area contributed by atoms with Crippen molar-refractivity contribution in [2.75, 3.05) is 18.5 Å². The van der Waals surface area contributed by atoms with Gasteiger partial charge < -0.3 is 15.2 Å². The highest BCUT2D eigenvalue weighted by molar-refractivity contribution is 7.99. The first kappa shape index (κ1) is 17.0. The summed E-state index contributed by atoms with van der Waals surface area (Å²) in [4.78, 5) is 10.8. The zero-order valence-corrected chi connectivity index (χ0v) is 15.6. The van der Waals surface area contributed by atoms with E-state index in [1.807, 2.05) is 0 Å². The fraction of sp³-hybridized carbons (Fsp3) is 0.625. The molecule has 1 aliphatic heterocycles. The molecule has 1 aliphatic rings. The van der Waals surface area contributed by atoms with Gasteiger partial charge >= 0.3 is 0 Å². The maximum atomic E-state index is 9.12. The molecule has 0 saturated heterocycles. The Bertz CT molecular complexity index is 713. The first-order valence-electron chi connectivity index (χ1n) is 7.87. The molecule has 0 fully saturated rings. The van der Waals surface area contributed by atoms with Gasteiger partial charge in [-0.3, -0.25) is 0 Å². The molecule has 0 radical (unpaired) electrons. The van der Waals surface area contributed by atoms with Gasteiger partial charge in [0.05, 0.1) is 29.0 Å². The third-order valence-electron chi connectivity index (χ3n) is 3.63. The molecule has 3 heterocycles. The van der Waals surface area contributed by atoms with Crippen molar-refractivity contribution in [2.24, 2.45) is 0 Å². The molecule has 0 unspecified atom stereocenters. The first-order valence-corrected chi connectivity index (χ1v) is 9.57. The summed E-state index contributed by atoms with van der Waals surface area (Å²) in [5.74, 6) is 0.824. The van der Waals surface area contributed by atoms with E-state index in [4.69, 9.17) is 14.8 Å². The minimum absolute atomic E-state index is 0.0827. The number of fused-ring (bicyclic) bond motifs is 3. The van der Waals surface area contributed by atoms with Crippen molar-refractivity contribution >= 4 is 39.1 Å². The van der Waals surface area contributed by atoms with E-state index in [0.29, 0.717) is 18.4 Å². The summed E-state index contributed by atoms with van der Waals surface area (Å²) in [7, 11) is 0. The Morgan fingerprint density at radius 2 is 2.17 bits per heavy atom. The fourth-order valence-corrected chi connectivity index (χ4v) is 4.74. The number of nitrogens with zero attached hydrogens (tertiary/aromatic N) is 2. The lowest BCUT2D eigenvalue weighted by Gasteiger charge is -2.29. The Kier molecular flexibility index (Phi) is 4.83. The maximum Gasteiger partial charge on any atom is 0.190 e. The van der Waals surface area contributed by atoms with Crippen LogP contribution in [0.1, 0.15) is 38.1 Å². The predicted octanol–water partition coefficient (Wildman–Crippen LogP) is 3.45. The van der Waals surface area contributed by atoms with Gasteiger partial charge in [0.1, 0.15) is 5.82 Å². The average molecular weight is 354 g/mol. The largest absolute Gasteiger partial charge is 0.395 e. The lowest BCUT2D eigenvalue weighted by Crippen LogP contribution is -2.30. The number of thioether (sulfide) groups is 1. The zero-order chi connectivity index (χ0) is 16.6. The molecule has 23 heavy (non-hydrogen) atoms. The Hall–Kier alpha value is -0.890. The summed E-state index contributed by atoms with van der Waals surface area (Å²) >= 11 is 3.40. The number of aliphatic hydroxyl groups is 1. The van der Waals surface area contributed by atoms with E-state index < -0.39 is 0 Å². The van der Waals surface area contributed by atoms with Crippen molar-refractivity contribution in [2.45, 2.75) is 56.7 Å². The number of thiophene rings is 1. The minimum atomic E-state index is -0.129. The third kappa shape index (κ3) is 3.63. The summed E-state index contributed by atoms with van der Waals surface area (Å²) in [5.41, 5.74) is 2.07. The molecule has 0 bridgehead atoms. The van der Waals surface area contributed by atoms with Gasteiger partial charge in [-0.2, -0.15) is 0 Å². The van der Waals surface area contributed by atoms with Gasteiger partial charge in [0.2, 0.25) is 0 Å². The number of hydrogen-bond donors (Lipinski definition) is 2. The predicted molar refractivity (Wildman–Crippen MR) is 96.6 cm³/mol. The minimum Gasteiger partial charge on any atom is -0.395 e. The number of ether oxygens (including phenoxy) is 1. The number of aromatic nitrogens is 2. The molecular weight excluding hydrogens is 330 g/mol. The molecule has 0 atom stereocenters. The van der Waals surface area contributed by atoms with Crippen LogP contribution in [0.4, 0.5) is 5.82 Å². The second-order valence-electron chi connectivity index (χ2n) is 6.58. The quantitative estimate of drug-likeness (QED) is 0.634. The highest BCUT2D eigenvalue weighted by Gasteiger charge is 2.30. The van der Waals surface area contributed by atoms with Crippen LogP contribution < -0.4 is 5.32 Å². The molecule has 3 rings (SSSR count). The van der Waals surface area contributed by atoms with Crippen molar-refractivity contribution in [1.82, 2.24) is 9.97 Å². The van der Waals surface area contributed by atoms with Gasteiger partial charge in [-0.1, -0.05) is 25.6 Å². The van der Waals surface area contributed by atoms with Gasteiger partial charge in [-0.05, 0) is 13.8 Å². The van der Waals surface area contributed by atoms with Crippen LogP contribution in [-0.2, 0) is 17.8 Å². The van der Waals surface area contributed by atoms with Crippen LogP contribution >= 0.6 is 23.1 Å². The first-order chi connectivity index (χ1) is 10.9. The van der Waals surface area contributed by atoms with Crippen LogP contribution in [0.2, 0.25) is 0 Å². The number of rotatable bonds is 5. The van der Waals surface area contributed by atoms with Crippen LogP contribution in [-0.4, -0.2) is 39.1 Å². The molecule has 2 N–H and O–H groups in total. The monoisotopic (exact) mass is 353 g/mol. The van der Waals surface area contributed by atoms with Crippen molar-refractivity contribution in [3.8, 4) is 0 Å². The van der Waals surface area contributed by atoms with Crippen molar-refractivity contribution in [1.29, 1.82) is 0 Å². The number of hydrogen-bond acceptors (Lipinski definition) is 7.